The molecule has 3 aromatic carbocycles. The molecular formula is C28H20N4+2. The number of aromatic amines is 2. The first kappa shape index (κ1) is 17.3. The molecule has 150 valence electrons. The van der Waals surface area contributed by atoms with Gasteiger partial charge >= 0.3 is 0 Å². The average Bonchev–Trinajstić information content (AvgIpc) is 3.37. The number of hydrogen-bond donors (Lipinski definition) is 0. The fourth-order valence-corrected chi connectivity index (χ4v) is 5.01. The van der Waals surface area contributed by atoms with E-state index in [4.69, 9.17) is 0 Å². The second-order valence-electron chi connectivity index (χ2n) is 8.09. The van der Waals surface area contributed by atoms with Crippen molar-refractivity contribution in [3.05, 3.63) is 109 Å². The lowest BCUT2D eigenvalue weighted by Gasteiger charge is -2.11. The largest absolute Gasteiger partial charge is 0.304 e. The smallest absolute Gasteiger partial charge is 0.237 e. The van der Waals surface area contributed by atoms with E-state index in [9.17, 15) is 0 Å². The second-order valence-corrected chi connectivity index (χ2v) is 8.09. The van der Waals surface area contributed by atoms with E-state index in [1.807, 2.05) is 12.4 Å². The van der Waals surface area contributed by atoms with Crippen LogP contribution >= 0.6 is 0 Å². The lowest BCUT2D eigenvalue weighted by Crippen LogP contribution is -2.03. The van der Waals surface area contributed by atoms with Gasteiger partial charge in [0.15, 0.2) is 12.4 Å². The Labute approximate surface area is 184 Å². The summed E-state index contributed by atoms with van der Waals surface area (Å²) in [6.45, 7) is 0. The maximum atomic E-state index is 3.44. The summed E-state index contributed by atoms with van der Waals surface area (Å²) in [6, 6.07) is 34.4. The molecule has 4 heteroatoms. The normalized spacial score (nSPS) is 11.8. The SMILES string of the molecule is c1cc(-n2c3ccccc3c3[nH+]cccc32)cc(-n2c3ccccc3c3[nH+]cccc32)c1. The Morgan fingerprint density at radius 2 is 0.906 bits per heavy atom. The number of nitrogens with one attached hydrogen (secondary N) is 2. The molecule has 32 heavy (non-hydrogen) atoms. The summed E-state index contributed by atoms with van der Waals surface area (Å²) in [6.07, 6.45) is 3.98. The molecular weight excluding hydrogens is 392 g/mol. The van der Waals surface area contributed by atoms with Crippen LogP contribution in [0.2, 0.25) is 0 Å². The third-order valence-corrected chi connectivity index (χ3v) is 6.32. The second kappa shape index (κ2) is 6.53. The molecule has 0 unspecified atom stereocenters. The molecule has 0 fully saturated rings. The van der Waals surface area contributed by atoms with Crippen LogP contribution in [0, 0.1) is 0 Å². The van der Waals surface area contributed by atoms with E-state index in [2.05, 4.69) is 116 Å². The van der Waals surface area contributed by atoms with Gasteiger partial charge < -0.3 is 9.13 Å². The van der Waals surface area contributed by atoms with Crippen molar-refractivity contribution >= 4 is 43.9 Å². The number of H-pyrrole nitrogens is 2. The van der Waals surface area contributed by atoms with Gasteiger partial charge in [-0.3, -0.25) is 0 Å². The Morgan fingerprint density at radius 3 is 1.44 bits per heavy atom. The molecule has 7 rings (SSSR count). The number of fused-ring (bicyclic) bond motifs is 6. The number of aromatic nitrogens is 4. The van der Waals surface area contributed by atoms with Crippen molar-refractivity contribution in [1.82, 2.24) is 9.13 Å². The van der Waals surface area contributed by atoms with Crippen molar-refractivity contribution < 1.29 is 9.97 Å². The van der Waals surface area contributed by atoms with Crippen molar-refractivity contribution in [3.8, 4) is 11.4 Å². The molecule has 4 aromatic heterocycles. The number of hydrogen-bond acceptors (Lipinski definition) is 0. The van der Waals surface area contributed by atoms with Crippen LogP contribution in [0.25, 0.3) is 55.2 Å². The van der Waals surface area contributed by atoms with Gasteiger partial charge in [0, 0.05) is 23.5 Å². The van der Waals surface area contributed by atoms with E-state index in [1.54, 1.807) is 0 Å². The number of nitrogens with zero attached hydrogens (tertiary/aromatic N) is 2. The molecule has 0 aliphatic carbocycles. The minimum Gasteiger partial charge on any atom is -0.304 e. The predicted molar refractivity (Wildman–Crippen MR) is 128 cm³/mol. The van der Waals surface area contributed by atoms with Crippen LogP contribution in [-0.2, 0) is 0 Å². The van der Waals surface area contributed by atoms with E-state index >= 15 is 0 Å². The van der Waals surface area contributed by atoms with Crippen LogP contribution in [0.3, 0.4) is 0 Å². The Hall–Kier alpha value is -4.44. The van der Waals surface area contributed by atoms with Gasteiger partial charge in [0.2, 0.25) is 11.0 Å². The summed E-state index contributed by atoms with van der Waals surface area (Å²) in [7, 11) is 0. The molecule has 2 N–H and O–H groups in total. The molecule has 4 heterocycles. The molecule has 0 amide bonds. The van der Waals surface area contributed by atoms with Crippen LogP contribution < -0.4 is 9.97 Å². The van der Waals surface area contributed by atoms with Crippen molar-refractivity contribution in [2.24, 2.45) is 0 Å². The molecule has 4 nitrogen and oxygen atoms in total. The minimum atomic E-state index is 1.14. The van der Waals surface area contributed by atoms with E-state index in [0.29, 0.717) is 0 Å². The van der Waals surface area contributed by atoms with E-state index < -0.39 is 0 Å². The van der Waals surface area contributed by atoms with Gasteiger partial charge in [-0.1, -0.05) is 30.3 Å². The lowest BCUT2D eigenvalue weighted by atomic mass is 10.2. The fourth-order valence-electron chi connectivity index (χ4n) is 5.01. The van der Waals surface area contributed by atoms with Crippen LogP contribution in [0.15, 0.2) is 109 Å². The van der Waals surface area contributed by atoms with E-state index in [0.717, 1.165) is 22.4 Å². The van der Waals surface area contributed by atoms with Gasteiger partial charge in [0.1, 0.15) is 11.0 Å². The van der Waals surface area contributed by atoms with Crippen molar-refractivity contribution in [1.29, 1.82) is 0 Å². The molecule has 0 aliphatic heterocycles. The first-order chi connectivity index (χ1) is 15.9. The molecule has 0 aliphatic rings. The Bertz CT molecular complexity index is 1550. The summed E-state index contributed by atoms with van der Waals surface area (Å²) in [5.41, 5.74) is 9.30. The lowest BCUT2D eigenvalue weighted by molar-refractivity contribution is -0.343. The summed E-state index contributed by atoms with van der Waals surface area (Å²) in [5, 5.41) is 2.44. The number of rotatable bonds is 2. The molecule has 7 aromatic rings. The number of para-hydroxylation sites is 2. The molecule has 0 saturated carbocycles. The number of benzene rings is 3. The fraction of sp³-hybridized carbons (Fsp3) is 0. The standard InChI is InChI=1S/C28H18N4/c1-3-12-23-21(10-1)27-25(14-6-16-29-27)31(23)19-8-5-9-20(18-19)32-24-13-4-2-11-22(24)28-26(32)15-7-17-30-28/h1-18H/p+2. The van der Waals surface area contributed by atoms with Gasteiger partial charge in [-0.25, -0.2) is 9.97 Å². The maximum Gasteiger partial charge on any atom is 0.237 e. The van der Waals surface area contributed by atoms with Crippen molar-refractivity contribution in [2.45, 2.75) is 0 Å². The zero-order valence-corrected chi connectivity index (χ0v) is 17.3. The Balaban J connectivity index is 1.55. The zero-order chi connectivity index (χ0) is 21.1. The highest BCUT2D eigenvalue weighted by molar-refractivity contribution is 6.06. The highest BCUT2D eigenvalue weighted by Gasteiger charge is 2.19. The third kappa shape index (κ3) is 2.32. The van der Waals surface area contributed by atoms with E-state index in [1.165, 1.54) is 32.8 Å². The molecule has 0 atom stereocenters. The maximum absolute atomic E-state index is 3.44. The highest BCUT2D eigenvalue weighted by Crippen LogP contribution is 2.32. The van der Waals surface area contributed by atoms with Crippen LogP contribution in [0.5, 0.6) is 0 Å². The molecule has 0 bridgehead atoms. The van der Waals surface area contributed by atoms with Crippen LogP contribution in [0.4, 0.5) is 0 Å². The zero-order valence-electron chi connectivity index (χ0n) is 17.3. The Kier molecular flexibility index (Phi) is 3.52. The highest BCUT2D eigenvalue weighted by atomic mass is 15.0. The van der Waals surface area contributed by atoms with Crippen LogP contribution in [0.1, 0.15) is 0 Å². The average molecular weight is 412 g/mol. The Morgan fingerprint density at radius 1 is 0.438 bits per heavy atom. The van der Waals surface area contributed by atoms with Gasteiger partial charge in [-0.05, 0) is 54.6 Å². The molecule has 0 spiro atoms. The minimum absolute atomic E-state index is 1.14. The molecule has 0 saturated heterocycles. The first-order valence-corrected chi connectivity index (χ1v) is 10.8. The summed E-state index contributed by atoms with van der Waals surface area (Å²) >= 11 is 0. The number of pyridine rings is 2. The topological polar surface area (TPSA) is 38.1 Å². The quantitative estimate of drug-likeness (QED) is 0.359. The summed E-state index contributed by atoms with van der Waals surface area (Å²) < 4.78 is 4.68. The van der Waals surface area contributed by atoms with Crippen molar-refractivity contribution in [2.75, 3.05) is 0 Å². The third-order valence-electron chi connectivity index (χ3n) is 6.32. The van der Waals surface area contributed by atoms with Crippen molar-refractivity contribution in [3.63, 3.8) is 0 Å². The summed E-state index contributed by atoms with van der Waals surface area (Å²) in [4.78, 5) is 6.89. The van der Waals surface area contributed by atoms with Crippen LogP contribution in [-0.4, -0.2) is 9.13 Å². The van der Waals surface area contributed by atoms with Gasteiger partial charge in [-0.15, -0.1) is 0 Å². The van der Waals surface area contributed by atoms with Gasteiger partial charge in [0.05, 0.1) is 21.8 Å². The predicted octanol–water partition coefficient (Wildman–Crippen LogP) is 5.51. The first-order valence-electron chi connectivity index (χ1n) is 10.8. The van der Waals surface area contributed by atoms with Gasteiger partial charge in [0.25, 0.3) is 0 Å². The molecule has 0 radical (unpaired) electrons. The van der Waals surface area contributed by atoms with E-state index in [-0.39, 0.29) is 0 Å². The monoisotopic (exact) mass is 412 g/mol. The van der Waals surface area contributed by atoms with Gasteiger partial charge in [-0.2, -0.15) is 0 Å². The summed E-state index contributed by atoms with van der Waals surface area (Å²) in [5.74, 6) is 0.